The van der Waals surface area contributed by atoms with Gasteiger partial charge in [0, 0.05) is 16.8 Å². The lowest BCUT2D eigenvalue weighted by atomic mass is 10.1. The van der Waals surface area contributed by atoms with E-state index in [0.717, 1.165) is 27.7 Å². The molecule has 1 aromatic heterocycles. The lowest BCUT2D eigenvalue weighted by Gasteiger charge is -2.09. The third-order valence-corrected chi connectivity index (χ3v) is 4.16. The smallest absolute Gasteiger partial charge is 0.231 e. The molecule has 0 saturated carbocycles. The quantitative estimate of drug-likeness (QED) is 0.759. The highest BCUT2D eigenvalue weighted by atomic mass is 79.9. The molecule has 0 radical (unpaired) electrons. The topological polar surface area (TPSA) is 44.2 Å². The number of benzene rings is 1. The van der Waals surface area contributed by atoms with Crippen LogP contribution >= 0.6 is 27.5 Å². The number of halogens is 2. The largest absolute Gasteiger partial charge is 0.454 e. The van der Waals surface area contributed by atoms with Crippen molar-refractivity contribution in [2.24, 2.45) is 0 Å². The minimum atomic E-state index is 0.229. The summed E-state index contributed by atoms with van der Waals surface area (Å²) >= 11 is 9.66. The zero-order chi connectivity index (χ0) is 14.3. The Morgan fingerprint density at radius 2 is 2.10 bits per heavy atom. The molecule has 0 aliphatic carbocycles. The predicted molar refractivity (Wildman–Crippen MR) is 80.4 cm³/mol. The summed E-state index contributed by atoms with van der Waals surface area (Å²) in [6.07, 6.45) is 0.812. The molecule has 0 spiro atoms. The fourth-order valence-corrected chi connectivity index (χ4v) is 2.85. The Hall–Kier alpha value is -1.33. The van der Waals surface area contributed by atoms with Gasteiger partial charge in [0.05, 0.1) is 4.47 Å². The average Bonchev–Trinajstić information content (AvgIpc) is 2.90. The molecule has 104 valence electrons. The molecular weight excluding hydrogens is 344 g/mol. The Balaban J connectivity index is 2.14. The maximum Gasteiger partial charge on any atom is 0.231 e. The molecular formula is C14H12BrClN2O2. The number of fused-ring (bicyclic) bond motifs is 1. The van der Waals surface area contributed by atoms with Crippen molar-refractivity contribution in [3.63, 3.8) is 0 Å². The third kappa shape index (κ3) is 2.25. The monoisotopic (exact) mass is 354 g/mol. The molecule has 3 rings (SSSR count). The van der Waals surface area contributed by atoms with Crippen LogP contribution in [0.2, 0.25) is 5.15 Å². The van der Waals surface area contributed by atoms with E-state index in [1.165, 1.54) is 0 Å². The van der Waals surface area contributed by atoms with Gasteiger partial charge >= 0.3 is 0 Å². The normalized spacial score (nSPS) is 12.8. The summed E-state index contributed by atoms with van der Waals surface area (Å²) < 4.78 is 11.6. The number of aromatic nitrogens is 2. The van der Waals surface area contributed by atoms with Crippen LogP contribution in [-0.2, 0) is 6.42 Å². The van der Waals surface area contributed by atoms with E-state index in [1.807, 2.05) is 26.0 Å². The minimum absolute atomic E-state index is 0.229. The molecule has 0 unspecified atom stereocenters. The van der Waals surface area contributed by atoms with Crippen LogP contribution in [0.5, 0.6) is 11.5 Å². The first-order chi connectivity index (χ1) is 9.60. The Morgan fingerprint density at radius 3 is 2.85 bits per heavy atom. The molecule has 0 saturated heterocycles. The van der Waals surface area contributed by atoms with Crippen LogP contribution in [0.4, 0.5) is 0 Å². The standard InChI is InChI=1S/C14H12BrClN2O2/c1-3-10-7(2)13(16)18-14(17-10)8-4-9(15)12-11(5-8)19-6-20-12/h4-5H,3,6H2,1-2H3. The number of hydrogen-bond acceptors (Lipinski definition) is 4. The Kier molecular flexibility index (Phi) is 3.56. The van der Waals surface area contributed by atoms with Crippen molar-refractivity contribution in [3.8, 4) is 22.9 Å². The maximum absolute atomic E-state index is 6.19. The van der Waals surface area contributed by atoms with Gasteiger partial charge in [-0.05, 0) is 41.4 Å². The second-order valence-electron chi connectivity index (χ2n) is 4.46. The van der Waals surface area contributed by atoms with E-state index in [9.17, 15) is 0 Å². The van der Waals surface area contributed by atoms with Gasteiger partial charge in [-0.25, -0.2) is 9.97 Å². The zero-order valence-corrected chi connectivity index (χ0v) is 13.4. The van der Waals surface area contributed by atoms with Gasteiger partial charge in [-0.3, -0.25) is 0 Å². The van der Waals surface area contributed by atoms with Crippen molar-refractivity contribution in [2.45, 2.75) is 20.3 Å². The molecule has 0 amide bonds. The molecule has 1 aliphatic heterocycles. The first-order valence-electron chi connectivity index (χ1n) is 6.22. The van der Waals surface area contributed by atoms with E-state index in [4.69, 9.17) is 21.1 Å². The molecule has 2 heterocycles. The summed E-state index contributed by atoms with van der Waals surface area (Å²) in [7, 11) is 0. The van der Waals surface area contributed by atoms with Gasteiger partial charge in [-0.1, -0.05) is 18.5 Å². The lowest BCUT2D eigenvalue weighted by molar-refractivity contribution is 0.173. The molecule has 6 heteroatoms. The summed E-state index contributed by atoms with van der Waals surface area (Å²) in [5.74, 6) is 1.99. The van der Waals surface area contributed by atoms with E-state index < -0.39 is 0 Å². The van der Waals surface area contributed by atoms with E-state index >= 15 is 0 Å². The van der Waals surface area contributed by atoms with Gasteiger partial charge in [0.15, 0.2) is 17.3 Å². The van der Waals surface area contributed by atoms with Crippen LogP contribution in [-0.4, -0.2) is 16.8 Å². The number of nitrogens with zero attached hydrogens (tertiary/aromatic N) is 2. The van der Waals surface area contributed by atoms with Crippen molar-refractivity contribution in [2.75, 3.05) is 6.79 Å². The molecule has 0 fully saturated rings. The molecule has 4 nitrogen and oxygen atoms in total. The van der Waals surface area contributed by atoms with Crippen molar-refractivity contribution in [1.29, 1.82) is 0 Å². The Bertz CT molecular complexity index is 682. The highest BCUT2D eigenvalue weighted by Crippen LogP contribution is 2.42. The summed E-state index contributed by atoms with van der Waals surface area (Å²) in [4.78, 5) is 8.93. The average molecular weight is 356 g/mol. The highest BCUT2D eigenvalue weighted by Gasteiger charge is 2.20. The van der Waals surface area contributed by atoms with E-state index in [1.54, 1.807) is 0 Å². The molecule has 2 aromatic rings. The number of rotatable bonds is 2. The zero-order valence-electron chi connectivity index (χ0n) is 11.0. The molecule has 0 atom stereocenters. The van der Waals surface area contributed by atoms with Crippen molar-refractivity contribution in [3.05, 3.63) is 33.0 Å². The number of aryl methyl sites for hydroxylation is 1. The van der Waals surface area contributed by atoms with Gasteiger partial charge in [-0.15, -0.1) is 0 Å². The highest BCUT2D eigenvalue weighted by molar-refractivity contribution is 9.10. The van der Waals surface area contributed by atoms with Gasteiger partial charge < -0.3 is 9.47 Å². The van der Waals surface area contributed by atoms with Crippen LogP contribution in [0.15, 0.2) is 16.6 Å². The SMILES string of the molecule is CCc1nc(-c2cc(Br)c3c(c2)OCO3)nc(Cl)c1C. The van der Waals surface area contributed by atoms with Crippen molar-refractivity contribution >= 4 is 27.5 Å². The van der Waals surface area contributed by atoms with Crippen LogP contribution in [0.25, 0.3) is 11.4 Å². The van der Waals surface area contributed by atoms with Crippen LogP contribution in [0.1, 0.15) is 18.2 Å². The minimum Gasteiger partial charge on any atom is -0.454 e. The molecule has 0 N–H and O–H groups in total. The summed E-state index contributed by atoms with van der Waals surface area (Å²) in [6, 6.07) is 3.78. The first-order valence-corrected chi connectivity index (χ1v) is 7.39. The summed E-state index contributed by atoms with van der Waals surface area (Å²) in [5, 5.41) is 0.487. The van der Waals surface area contributed by atoms with Gasteiger partial charge in [0.25, 0.3) is 0 Å². The second-order valence-corrected chi connectivity index (χ2v) is 5.67. The van der Waals surface area contributed by atoms with Gasteiger partial charge in [-0.2, -0.15) is 0 Å². The van der Waals surface area contributed by atoms with Crippen molar-refractivity contribution in [1.82, 2.24) is 9.97 Å². The van der Waals surface area contributed by atoms with Crippen LogP contribution < -0.4 is 9.47 Å². The van der Waals surface area contributed by atoms with E-state index in [2.05, 4.69) is 25.9 Å². The predicted octanol–water partition coefficient (Wildman–Crippen LogP) is 4.16. The fraction of sp³-hybridized carbons (Fsp3) is 0.286. The van der Waals surface area contributed by atoms with Crippen LogP contribution in [0.3, 0.4) is 0 Å². The van der Waals surface area contributed by atoms with Crippen molar-refractivity contribution < 1.29 is 9.47 Å². The summed E-state index contributed by atoms with van der Waals surface area (Å²) in [5.41, 5.74) is 2.73. The van der Waals surface area contributed by atoms with Crippen LogP contribution in [0, 0.1) is 6.92 Å². The van der Waals surface area contributed by atoms with Gasteiger partial charge in [0.2, 0.25) is 6.79 Å². The number of hydrogen-bond donors (Lipinski definition) is 0. The van der Waals surface area contributed by atoms with Gasteiger partial charge in [0.1, 0.15) is 5.15 Å². The lowest BCUT2D eigenvalue weighted by Crippen LogP contribution is -1.99. The first kappa shape index (κ1) is 13.6. The van der Waals surface area contributed by atoms with E-state index in [0.29, 0.717) is 22.5 Å². The number of ether oxygens (including phenoxy) is 2. The summed E-state index contributed by atoms with van der Waals surface area (Å²) in [6.45, 7) is 4.21. The second kappa shape index (κ2) is 5.22. The molecule has 1 aliphatic rings. The Labute approximate surface area is 130 Å². The molecule has 20 heavy (non-hydrogen) atoms. The molecule has 1 aromatic carbocycles. The fourth-order valence-electron chi connectivity index (χ4n) is 2.10. The Morgan fingerprint density at radius 1 is 1.30 bits per heavy atom. The van der Waals surface area contributed by atoms with E-state index in [-0.39, 0.29) is 6.79 Å². The maximum atomic E-state index is 6.19. The third-order valence-electron chi connectivity index (χ3n) is 3.21. The molecule has 0 bridgehead atoms.